The number of sulfonamides is 1. The van der Waals surface area contributed by atoms with E-state index in [0.29, 0.717) is 24.5 Å². The Labute approximate surface area is 184 Å². The number of nitrogens with zero attached hydrogens (tertiary/aromatic N) is 1. The fourth-order valence-electron chi connectivity index (χ4n) is 2.91. The quantitative estimate of drug-likeness (QED) is 0.571. The van der Waals surface area contributed by atoms with E-state index >= 15 is 0 Å². The van der Waals surface area contributed by atoms with Gasteiger partial charge in [-0.25, -0.2) is 18.0 Å². The number of esters is 1. The molecule has 1 fully saturated rings. The highest BCUT2D eigenvalue weighted by Crippen LogP contribution is 2.21. The van der Waals surface area contributed by atoms with Crippen molar-refractivity contribution in [2.24, 2.45) is 0 Å². The van der Waals surface area contributed by atoms with Crippen LogP contribution in [0.15, 0.2) is 45.9 Å². The Balaban J connectivity index is 1.56. The van der Waals surface area contributed by atoms with Crippen LogP contribution >= 0.6 is 0 Å². The van der Waals surface area contributed by atoms with Crippen molar-refractivity contribution in [1.29, 1.82) is 0 Å². The van der Waals surface area contributed by atoms with Gasteiger partial charge in [0.2, 0.25) is 10.0 Å². The molecule has 0 atom stereocenters. The number of imide groups is 1. The second-order valence-corrected chi connectivity index (χ2v) is 8.82. The van der Waals surface area contributed by atoms with Gasteiger partial charge in [0.15, 0.2) is 6.61 Å². The lowest BCUT2D eigenvalue weighted by Gasteiger charge is -2.26. The van der Waals surface area contributed by atoms with Crippen molar-refractivity contribution in [1.82, 2.24) is 14.9 Å². The van der Waals surface area contributed by atoms with Gasteiger partial charge < -0.3 is 19.2 Å². The van der Waals surface area contributed by atoms with Gasteiger partial charge >= 0.3 is 12.0 Å². The molecule has 1 aromatic heterocycles. The van der Waals surface area contributed by atoms with Crippen LogP contribution in [0, 0.1) is 6.92 Å². The van der Waals surface area contributed by atoms with E-state index in [0.717, 1.165) is 0 Å². The molecular formula is C20H23N3O8S. The molecule has 172 valence electrons. The summed E-state index contributed by atoms with van der Waals surface area (Å²) in [7, 11) is -3.80. The minimum absolute atomic E-state index is 0.00871. The summed E-state index contributed by atoms with van der Waals surface area (Å²) >= 11 is 0. The standard InChI is InChI=1S/C20H23N3O8S/c1-14-4-5-16(32(27,28)23-6-9-29-10-7-23)11-17(14)19(25)31-13-18(24)22-20(26)21-12-15-3-2-8-30-15/h2-5,8,11H,6-7,9-10,12-13H2,1H3,(H2,21,22,24,26). The second kappa shape index (κ2) is 10.4. The SMILES string of the molecule is Cc1ccc(S(=O)(=O)N2CCOCC2)cc1C(=O)OCC(=O)NC(=O)NCc1ccco1. The summed E-state index contributed by atoms with van der Waals surface area (Å²) in [6.45, 7) is 2.01. The molecule has 1 aliphatic rings. The average Bonchev–Trinajstić information content (AvgIpc) is 3.30. The molecule has 0 bridgehead atoms. The lowest BCUT2D eigenvalue weighted by Crippen LogP contribution is -2.41. The third kappa shape index (κ3) is 5.93. The molecule has 3 rings (SSSR count). The van der Waals surface area contributed by atoms with Crippen molar-refractivity contribution in [2.45, 2.75) is 18.4 Å². The number of aryl methyl sites for hydroxylation is 1. The molecule has 2 aromatic rings. The molecule has 2 heterocycles. The van der Waals surface area contributed by atoms with E-state index in [-0.39, 0.29) is 30.1 Å². The molecule has 1 aliphatic heterocycles. The highest BCUT2D eigenvalue weighted by Gasteiger charge is 2.27. The number of hydrogen-bond acceptors (Lipinski definition) is 8. The maximum absolute atomic E-state index is 12.8. The zero-order valence-corrected chi connectivity index (χ0v) is 18.1. The molecular weight excluding hydrogens is 442 g/mol. The predicted octanol–water partition coefficient (Wildman–Crippen LogP) is 0.792. The lowest BCUT2D eigenvalue weighted by atomic mass is 10.1. The van der Waals surface area contributed by atoms with Crippen LogP contribution in [0.25, 0.3) is 0 Å². The number of ether oxygens (including phenoxy) is 2. The number of morpholine rings is 1. The van der Waals surface area contributed by atoms with Crippen LogP contribution in [-0.4, -0.2) is 63.5 Å². The highest BCUT2D eigenvalue weighted by molar-refractivity contribution is 7.89. The monoisotopic (exact) mass is 465 g/mol. The maximum Gasteiger partial charge on any atom is 0.338 e. The molecule has 0 unspecified atom stereocenters. The van der Waals surface area contributed by atoms with E-state index in [9.17, 15) is 22.8 Å². The van der Waals surface area contributed by atoms with Crippen molar-refractivity contribution < 1.29 is 36.7 Å². The van der Waals surface area contributed by atoms with Crippen molar-refractivity contribution in [2.75, 3.05) is 32.9 Å². The van der Waals surface area contributed by atoms with Crippen LogP contribution in [0.3, 0.4) is 0 Å². The number of amides is 3. The van der Waals surface area contributed by atoms with E-state index < -0.39 is 34.5 Å². The van der Waals surface area contributed by atoms with Gasteiger partial charge in [0.25, 0.3) is 5.91 Å². The second-order valence-electron chi connectivity index (χ2n) is 6.88. The van der Waals surface area contributed by atoms with Gasteiger partial charge in [-0.1, -0.05) is 6.07 Å². The first-order valence-corrected chi connectivity index (χ1v) is 11.2. The summed E-state index contributed by atoms with van der Waals surface area (Å²) in [6.07, 6.45) is 1.45. The molecule has 2 N–H and O–H groups in total. The summed E-state index contributed by atoms with van der Waals surface area (Å²) in [6, 6.07) is 6.65. The Kier molecular flexibility index (Phi) is 7.62. The van der Waals surface area contributed by atoms with Crippen LogP contribution < -0.4 is 10.6 Å². The van der Waals surface area contributed by atoms with Gasteiger partial charge in [0.1, 0.15) is 5.76 Å². The predicted molar refractivity (Wildman–Crippen MR) is 110 cm³/mol. The van der Waals surface area contributed by atoms with Crippen LogP contribution in [0.1, 0.15) is 21.7 Å². The fraction of sp³-hybridized carbons (Fsp3) is 0.350. The fourth-order valence-corrected chi connectivity index (χ4v) is 4.35. The summed E-state index contributed by atoms with van der Waals surface area (Å²) in [5.74, 6) is -1.22. The van der Waals surface area contributed by atoms with Gasteiger partial charge in [0.05, 0.1) is 36.5 Å². The number of hydrogen-bond donors (Lipinski definition) is 2. The molecule has 1 aromatic carbocycles. The Hall–Kier alpha value is -3.22. The maximum atomic E-state index is 12.8. The minimum Gasteiger partial charge on any atom is -0.467 e. The number of rotatable bonds is 7. The number of nitrogens with one attached hydrogen (secondary N) is 2. The first-order valence-electron chi connectivity index (χ1n) is 9.73. The van der Waals surface area contributed by atoms with Crippen molar-refractivity contribution in [3.05, 3.63) is 53.5 Å². The van der Waals surface area contributed by atoms with Crippen molar-refractivity contribution in [3.8, 4) is 0 Å². The van der Waals surface area contributed by atoms with Crippen LogP contribution in [0.5, 0.6) is 0 Å². The third-order valence-corrected chi connectivity index (χ3v) is 6.52. The van der Waals surface area contributed by atoms with Crippen LogP contribution in [0.2, 0.25) is 0 Å². The largest absolute Gasteiger partial charge is 0.467 e. The van der Waals surface area contributed by atoms with E-state index in [4.69, 9.17) is 13.9 Å². The van der Waals surface area contributed by atoms with Crippen LogP contribution in [-0.2, 0) is 30.8 Å². The summed E-state index contributed by atoms with van der Waals surface area (Å²) < 4.78 is 42.1. The Morgan fingerprint density at radius 2 is 1.91 bits per heavy atom. The van der Waals surface area contributed by atoms with Crippen LogP contribution in [0.4, 0.5) is 4.79 Å². The highest BCUT2D eigenvalue weighted by atomic mass is 32.2. The van der Waals surface area contributed by atoms with Gasteiger partial charge in [-0.15, -0.1) is 0 Å². The summed E-state index contributed by atoms with van der Waals surface area (Å²) in [5, 5.41) is 4.43. The number of benzene rings is 1. The smallest absolute Gasteiger partial charge is 0.338 e. The van der Waals surface area contributed by atoms with E-state index in [1.54, 1.807) is 19.1 Å². The summed E-state index contributed by atoms with van der Waals surface area (Å²) in [4.78, 5) is 36.0. The Morgan fingerprint density at radius 3 is 2.59 bits per heavy atom. The molecule has 3 amide bonds. The average molecular weight is 465 g/mol. The van der Waals surface area contributed by atoms with Gasteiger partial charge in [0, 0.05) is 13.1 Å². The van der Waals surface area contributed by atoms with E-state index in [1.165, 1.54) is 28.8 Å². The molecule has 0 spiro atoms. The van der Waals surface area contributed by atoms with Crippen molar-refractivity contribution in [3.63, 3.8) is 0 Å². The molecule has 0 radical (unpaired) electrons. The molecule has 32 heavy (non-hydrogen) atoms. The first kappa shape index (κ1) is 23.4. The topological polar surface area (TPSA) is 144 Å². The molecule has 11 nitrogen and oxygen atoms in total. The zero-order valence-electron chi connectivity index (χ0n) is 17.3. The lowest BCUT2D eigenvalue weighted by molar-refractivity contribution is -0.123. The van der Waals surface area contributed by atoms with Crippen molar-refractivity contribution >= 4 is 27.9 Å². The zero-order chi connectivity index (χ0) is 23.1. The van der Waals surface area contributed by atoms with E-state index in [1.807, 2.05) is 5.32 Å². The summed E-state index contributed by atoms with van der Waals surface area (Å²) in [5.41, 5.74) is 0.488. The molecule has 12 heteroatoms. The minimum atomic E-state index is -3.80. The Morgan fingerprint density at radius 1 is 1.16 bits per heavy atom. The number of urea groups is 1. The Bertz CT molecular complexity index is 1080. The molecule has 1 saturated heterocycles. The number of carbonyl (C=O) groups excluding carboxylic acids is 3. The van der Waals surface area contributed by atoms with Gasteiger partial charge in [-0.2, -0.15) is 4.31 Å². The number of furan rings is 1. The van der Waals surface area contributed by atoms with Gasteiger partial charge in [-0.05, 0) is 36.8 Å². The van der Waals surface area contributed by atoms with E-state index in [2.05, 4.69) is 5.32 Å². The molecule has 0 aliphatic carbocycles. The number of carbonyl (C=O) groups is 3. The normalized spacial score (nSPS) is 14.5. The molecule has 0 saturated carbocycles. The first-order chi connectivity index (χ1) is 15.3. The third-order valence-electron chi connectivity index (χ3n) is 4.63. The van der Waals surface area contributed by atoms with Gasteiger partial charge in [-0.3, -0.25) is 10.1 Å².